The maximum Gasteiger partial charge on any atom is 0.230 e. The van der Waals surface area contributed by atoms with Gasteiger partial charge in [-0.3, -0.25) is 4.79 Å². The van der Waals surface area contributed by atoms with Crippen LogP contribution < -0.4 is 5.32 Å². The Kier molecular flexibility index (Phi) is 7.12. The van der Waals surface area contributed by atoms with Crippen molar-refractivity contribution in [1.29, 1.82) is 0 Å². The van der Waals surface area contributed by atoms with Gasteiger partial charge in [-0.2, -0.15) is 0 Å². The van der Waals surface area contributed by atoms with Gasteiger partial charge < -0.3 is 9.88 Å². The molecule has 26 heavy (non-hydrogen) atoms. The Balaban J connectivity index is 1.50. The molecule has 0 spiro atoms. The summed E-state index contributed by atoms with van der Waals surface area (Å²) < 4.78 is 2.17. The first-order chi connectivity index (χ1) is 12.8. The fourth-order valence-corrected chi connectivity index (χ4v) is 4.37. The molecule has 1 saturated carbocycles. The molecule has 1 fully saturated rings. The fourth-order valence-electron chi connectivity index (χ4n) is 3.52. The summed E-state index contributed by atoms with van der Waals surface area (Å²) in [7, 11) is 0. The number of thioether (sulfide) groups is 1. The molecule has 1 amide bonds. The molecule has 1 heterocycles. The van der Waals surface area contributed by atoms with Crippen molar-refractivity contribution in [3.05, 3.63) is 41.7 Å². The van der Waals surface area contributed by atoms with Gasteiger partial charge in [-0.1, -0.05) is 74.2 Å². The number of benzene rings is 1. The van der Waals surface area contributed by atoms with E-state index in [1.807, 2.05) is 30.3 Å². The third-order valence-electron chi connectivity index (χ3n) is 4.97. The highest BCUT2D eigenvalue weighted by Gasteiger charge is 2.19. The van der Waals surface area contributed by atoms with E-state index in [0.29, 0.717) is 12.3 Å². The number of nitrogens with zero attached hydrogens (tertiary/aromatic N) is 3. The average Bonchev–Trinajstić information content (AvgIpc) is 3.07. The summed E-state index contributed by atoms with van der Waals surface area (Å²) in [5.41, 5.74) is 1.11. The van der Waals surface area contributed by atoms with Crippen LogP contribution in [0.1, 0.15) is 50.4 Å². The zero-order valence-corrected chi connectivity index (χ0v) is 16.3. The third kappa shape index (κ3) is 5.34. The van der Waals surface area contributed by atoms with Crippen LogP contribution in [0.3, 0.4) is 0 Å². The van der Waals surface area contributed by atoms with Crippen molar-refractivity contribution >= 4 is 17.7 Å². The number of rotatable bonds is 8. The quantitative estimate of drug-likeness (QED) is 0.716. The van der Waals surface area contributed by atoms with E-state index in [4.69, 9.17) is 0 Å². The summed E-state index contributed by atoms with van der Waals surface area (Å²) >= 11 is 1.48. The predicted octanol–water partition coefficient (Wildman–Crippen LogP) is 3.83. The van der Waals surface area contributed by atoms with E-state index >= 15 is 0 Å². The van der Waals surface area contributed by atoms with E-state index < -0.39 is 0 Å². The van der Waals surface area contributed by atoms with Crippen LogP contribution in [-0.2, 0) is 24.3 Å². The molecule has 0 atom stereocenters. The first-order valence-corrected chi connectivity index (χ1v) is 10.6. The first kappa shape index (κ1) is 19.0. The SMILES string of the molecule is CCn1c(CC2CCCCC2)nnc1SCC(=O)NCc1ccccc1. The van der Waals surface area contributed by atoms with Gasteiger partial charge in [-0.25, -0.2) is 0 Å². The predicted molar refractivity (Wildman–Crippen MR) is 105 cm³/mol. The number of carbonyl (C=O) groups excluding carboxylic acids is 1. The van der Waals surface area contributed by atoms with Crippen molar-refractivity contribution in [3.63, 3.8) is 0 Å². The molecule has 0 unspecified atom stereocenters. The maximum absolute atomic E-state index is 12.1. The van der Waals surface area contributed by atoms with Crippen molar-refractivity contribution in [2.45, 2.75) is 63.7 Å². The van der Waals surface area contributed by atoms with Crippen molar-refractivity contribution in [2.24, 2.45) is 5.92 Å². The van der Waals surface area contributed by atoms with Gasteiger partial charge in [0, 0.05) is 19.5 Å². The summed E-state index contributed by atoms with van der Waals surface area (Å²) in [4.78, 5) is 12.1. The van der Waals surface area contributed by atoms with E-state index in [9.17, 15) is 4.79 Å². The number of amides is 1. The highest BCUT2D eigenvalue weighted by molar-refractivity contribution is 7.99. The molecule has 1 aromatic heterocycles. The van der Waals surface area contributed by atoms with Crippen LogP contribution in [0.25, 0.3) is 0 Å². The van der Waals surface area contributed by atoms with Gasteiger partial charge in [0.25, 0.3) is 0 Å². The fraction of sp³-hybridized carbons (Fsp3) is 0.550. The molecule has 3 rings (SSSR count). The topological polar surface area (TPSA) is 59.8 Å². The van der Waals surface area contributed by atoms with Crippen LogP contribution >= 0.6 is 11.8 Å². The molecule has 0 aliphatic heterocycles. The van der Waals surface area contributed by atoms with Crippen molar-refractivity contribution in [3.8, 4) is 0 Å². The number of aromatic nitrogens is 3. The van der Waals surface area contributed by atoms with Crippen LogP contribution in [-0.4, -0.2) is 26.4 Å². The van der Waals surface area contributed by atoms with Gasteiger partial charge >= 0.3 is 0 Å². The van der Waals surface area contributed by atoms with E-state index in [1.54, 1.807) is 0 Å². The molecular formula is C20H28N4OS. The summed E-state index contributed by atoms with van der Waals surface area (Å²) in [5, 5.41) is 12.6. The van der Waals surface area contributed by atoms with Gasteiger partial charge in [0.1, 0.15) is 5.82 Å². The molecule has 0 bridgehead atoms. The minimum atomic E-state index is 0.0262. The lowest BCUT2D eigenvalue weighted by atomic mass is 9.87. The van der Waals surface area contributed by atoms with Crippen LogP contribution in [0.4, 0.5) is 0 Å². The van der Waals surface area contributed by atoms with Gasteiger partial charge in [0.2, 0.25) is 5.91 Å². The molecular weight excluding hydrogens is 344 g/mol. The minimum absolute atomic E-state index is 0.0262. The largest absolute Gasteiger partial charge is 0.351 e. The Morgan fingerprint density at radius 2 is 1.96 bits per heavy atom. The molecule has 140 valence electrons. The Morgan fingerprint density at radius 3 is 2.69 bits per heavy atom. The van der Waals surface area contributed by atoms with Gasteiger partial charge in [0.15, 0.2) is 5.16 Å². The molecule has 5 nitrogen and oxygen atoms in total. The van der Waals surface area contributed by atoms with Crippen LogP contribution in [0.5, 0.6) is 0 Å². The summed E-state index contributed by atoms with van der Waals surface area (Å²) in [5.74, 6) is 2.21. The van der Waals surface area contributed by atoms with E-state index in [1.165, 1.54) is 43.9 Å². The Labute approximate surface area is 160 Å². The van der Waals surface area contributed by atoms with Crippen molar-refractivity contribution in [1.82, 2.24) is 20.1 Å². The number of hydrogen-bond acceptors (Lipinski definition) is 4. The monoisotopic (exact) mass is 372 g/mol. The molecule has 1 aliphatic carbocycles. The lowest BCUT2D eigenvalue weighted by Gasteiger charge is -2.21. The van der Waals surface area contributed by atoms with Gasteiger partial charge in [-0.05, 0) is 18.4 Å². The highest BCUT2D eigenvalue weighted by Crippen LogP contribution is 2.27. The Bertz CT molecular complexity index is 695. The van der Waals surface area contributed by atoms with Crippen LogP contribution in [0, 0.1) is 5.92 Å². The molecule has 0 radical (unpaired) electrons. The average molecular weight is 373 g/mol. The van der Waals surface area contributed by atoms with E-state index in [2.05, 4.69) is 27.0 Å². The van der Waals surface area contributed by atoms with E-state index in [-0.39, 0.29) is 5.91 Å². The van der Waals surface area contributed by atoms with Crippen molar-refractivity contribution in [2.75, 3.05) is 5.75 Å². The summed E-state index contributed by atoms with van der Waals surface area (Å²) in [6, 6.07) is 9.96. The summed E-state index contributed by atoms with van der Waals surface area (Å²) in [6.07, 6.45) is 7.68. The first-order valence-electron chi connectivity index (χ1n) is 9.61. The molecule has 6 heteroatoms. The van der Waals surface area contributed by atoms with Crippen LogP contribution in [0.15, 0.2) is 35.5 Å². The number of hydrogen-bond donors (Lipinski definition) is 1. The van der Waals surface area contributed by atoms with Gasteiger partial charge in [-0.15, -0.1) is 10.2 Å². The minimum Gasteiger partial charge on any atom is -0.351 e. The second-order valence-electron chi connectivity index (χ2n) is 6.90. The second kappa shape index (κ2) is 9.76. The Hall–Kier alpha value is -1.82. The molecule has 1 aromatic carbocycles. The number of carbonyl (C=O) groups is 1. The molecule has 0 saturated heterocycles. The number of nitrogens with one attached hydrogen (secondary N) is 1. The standard InChI is InChI=1S/C20H28N4OS/c1-2-24-18(13-16-9-5-3-6-10-16)22-23-20(24)26-15-19(25)21-14-17-11-7-4-8-12-17/h4,7-8,11-12,16H,2-3,5-6,9-10,13-15H2,1H3,(H,21,25). The zero-order valence-electron chi connectivity index (χ0n) is 15.5. The summed E-state index contributed by atoms with van der Waals surface area (Å²) in [6.45, 7) is 3.53. The Morgan fingerprint density at radius 1 is 1.19 bits per heavy atom. The van der Waals surface area contributed by atoms with Crippen LogP contribution in [0.2, 0.25) is 0 Å². The lowest BCUT2D eigenvalue weighted by molar-refractivity contribution is -0.118. The zero-order chi connectivity index (χ0) is 18.2. The van der Waals surface area contributed by atoms with Gasteiger partial charge in [0.05, 0.1) is 5.75 Å². The highest BCUT2D eigenvalue weighted by atomic mass is 32.2. The lowest BCUT2D eigenvalue weighted by Crippen LogP contribution is -2.24. The third-order valence-corrected chi connectivity index (χ3v) is 5.94. The molecule has 2 aromatic rings. The molecule has 1 aliphatic rings. The van der Waals surface area contributed by atoms with Crippen molar-refractivity contribution < 1.29 is 4.79 Å². The normalized spacial score (nSPS) is 15.1. The molecule has 1 N–H and O–H groups in total. The van der Waals surface area contributed by atoms with E-state index in [0.717, 1.165) is 35.4 Å². The second-order valence-corrected chi connectivity index (χ2v) is 7.84. The smallest absolute Gasteiger partial charge is 0.230 e. The maximum atomic E-state index is 12.1.